The van der Waals surface area contributed by atoms with E-state index in [1.54, 1.807) is 62.6 Å². The van der Waals surface area contributed by atoms with Gasteiger partial charge >= 0.3 is 0 Å². The van der Waals surface area contributed by atoms with E-state index in [-0.39, 0.29) is 29.1 Å². The monoisotopic (exact) mass is 655 g/mol. The Morgan fingerprint density at radius 3 is 2.15 bits per heavy atom. The van der Waals surface area contributed by atoms with E-state index in [1.807, 2.05) is 49.4 Å². The van der Waals surface area contributed by atoms with Crippen LogP contribution in [0.25, 0.3) is 0 Å². The first-order valence-electron chi connectivity index (χ1n) is 15.8. The molecule has 1 aliphatic rings. The van der Waals surface area contributed by atoms with Crippen molar-refractivity contribution in [3.05, 3.63) is 114 Å². The summed E-state index contributed by atoms with van der Waals surface area (Å²) in [5, 5.41) is 3.09. The van der Waals surface area contributed by atoms with Gasteiger partial charge in [-0.25, -0.2) is 8.42 Å². The van der Waals surface area contributed by atoms with Crippen LogP contribution < -0.4 is 19.1 Å². The number of nitrogens with one attached hydrogen (secondary N) is 1. The lowest BCUT2D eigenvalue weighted by molar-refractivity contribution is -0.139. The third kappa shape index (κ3) is 8.51. The van der Waals surface area contributed by atoms with E-state index in [4.69, 9.17) is 9.47 Å². The highest BCUT2D eigenvalue weighted by molar-refractivity contribution is 7.92. The van der Waals surface area contributed by atoms with Crippen molar-refractivity contribution in [1.82, 2.24) is 10.2 Å². The molecule has 0 aliphatic heterocycles. The van der Waals surface area contributed by atoms with Gasteiger partial charge in [0.1, 0.15) is 29.8 Å². The number of nitrogens with zero attached hydrogens (tertiary/aromatic N) is 2. The maximum absolute atomic E-state index is 14.3. The minimum atomic E-state index is -4.19. The van der Waals surface area contributed by atoms with Gasteiger partial charge in [-0.15, -0.1) is 0 Å². The summed E-state index contributed by atoms with van der Waals surface area (Å²) in [5.41, 5.74) is 1.93. The summed E-state index contributed by atoms with van der Waals surface area (Å²) in [7, 11) is -2.64. The molecule has 0 aromatic heterocycles. The highest BCUT2D eigenvalue weighted by Crippen LogP contribution is 2.29. The lowest BCUT2D eigenvalue weighted by Gasteiger charge is -2.32. The summed E-state index contributed by atoms with van der Waals surface area (Å²) in [5.74, 6) is 0.957. The summed E-state index contributed by atoms with van der Waals surface area (Å²) in [6, 6.07) is 28.7. The van der Waals surface area contributed by atoms with Crippen molar-refractivity contribution < 1.29 is 27.5 Å². The highest BCUT2D eigenvalue weighted by Gasteiger charge is 2.33. The summed E-state index contributed by atoms with van der Waals surface area (Å²) in [4.78, 5) is 29.3. The van der Waals surface area contributed by atoms with E-state index < -0.39 is 28.5 Å². The molecule has 4 aromatic carbocycles. The lowest BCUT2D eigenvalue weighted by atomic mass is 10.1. The number of para-hydroxylation sites is 1. The predicted octanol–water partition coefficient (Wildman–Crippen LogP) is 6.47. The van der Waals surface area contributed by atoms with Crippen molar-refractivity contribution in [2.24, 2.45) is 0 Å². The Morgan fingerprint density at radius 2 is 1.49 bits per heavy atom. The van der Waals surface area contributed by atoms with E-state index in [0.29, 0.717) is 17.2 Å². The van der Waals surface area contributed by atoms with Crippen LogP contribution in [-0.2, 0) is 26.2 Å². The Hall–Kier alpha value is -4.83. The van der Waals surface area contributed by atoms with Crippen LogP contribution >= 0.6 is 0 Å². The van der Waals surface area contributed by atoms with E-state index >= 15 is 0 Å². The third-order valence-corrected chi connectivity index (χ3v) is 10.1. The van der Waals surface area contributed by atoms with Gasteiger partial charge in [0.15, 0.2) is 0 Å². The summed E-state index contributed by atoms with van der Waals surface area (Å²) < 4.78 is 40.8. The van der Waals surface area contributed by atoms with Gasteiger partial charge in [0, 0.05) is 12.6 Å². The van der Waals surface area contributed by atoms with E-state index in [9.17, 15) is 18.0 Å². The van der Waals surface area contributed by atoms with Crippen molar-refractivity contribution in [3.63, 3.8) is 0 Å². The molecule has 10 heteroatoms. The van der Waals surface area contributed by atoms with Crippen molar-refractivity contribution in [2.75, 3.05) is 18.0 Å². The number of rotatable bonds is 13. The molecule has 47 heavy (non-hydrogen) atoms. The molecule has 2 amide bonds. The van der Waals surface area contributed by atoms with Gasteiger partial charge in [-0.2, -0.15) is 0 Å². The van der Waals surface area contributed by atoms with Crippen molar-refractivity contribution in [1.29, 1.82) is 0 Å². The highest BCUT2D eigenvalue weighted by atomic mass is 32.2. The fourth-order valence-corrected chi connectivity index (χ4v) is 7.03. The molecule has 1 N–H and O–H groups in total. The summed E-state index contributed by atoms with van der Waals surface area (Å²) >= 11 is 0. The van der Waals surface area contributed by atoms with Gasteiger partial charge < -0.3 is 19.7 Å². The molecular weight excluding hydrogens is 614 g/mol. The average molecular weight is 656 g/mol. The van der Waals surface area contributed by atoms with Gasteiger partial charge in [0.25, 0.3) is 10.0 Å². The van der Waals surface area contributed by atoms with Crippen LogP contribution in [-0.4, -0.2) is 50.9 Å². The Morgan fingerprint density at radius 1 is 0.851 bits per heavy atom. The smallest absolute Gasteiger partial charge is 0.264 e. The minimum absolute atomic E-state index is 0.0480. The Bertz CT molecular complexity index is 1760. The molecule has 0 unspecified atom stereocenters. The van der Waals surface area contributed by atoms with Crippen molar-refractivity contribution >= 4 is 27.5 Å². The van der Waals surface area contributed by atoms with Gasteiger partial charge in [-0.05, 0) is 92.9 Å². The lowest BCUT2D eigenvalue weighted by Crippen LogP contribution is -2.52. The van der Waals surface area contributed by atoms with Gasteiger partial charge in [-0.1, -0.05) is 60.9 Å². The second-order valence-corrected chi connectivity index (χ2v) is 13.6. The Labute approximate surface area is 277 Å². The molecule has 0 radical (unpaired) electrons. The Kier molecular flexibility index (Phi) is 10.8. The fourth-order valence-electron chi connectivity index (χ4n) is 5.61. The Balaban J connectivity index is 1.47. The van der Waals surface area contributed by atoms with Gasteiger partial charge in [0.05, 0.1) is 17.7 Å². The standard InChI is InChI=1S/C37H41N3O6S/c1-27-16-22-35(23-17-27)47(43,44)40(31-18-20-33(21-19-31)46-32-13-5-4-6-14-32)26-36(41)39(25-29-10-9-15-34(24-29)45-3)28(2)37(42)38-30-11-7-8-12-30/h4-6,9-10,13-24,28,30H,7-8,11-12,25-26H2,1-3H3,(H,38,42)/t28-/m0/s1. The van der Waals surface area contributed by atoms with Gasteiger partial charge in [0.2, 0.25) is 11.8 Å². The molecular formula is C37H41N3O6S. The predicted molar refractivity (Wildman–Crippen MR) is 182 cm³/mol. The number of carbonyl (C=O) groups excluding carboxylic acids is 2. The molecule has 1 saturated carbocycles. The summed E-state index contributed by atoms with van der Waals surface area (Å²) in [6.07, 6.45) is 3.89. The van der Waals surface area contributed by atoms with Crippen LogP contribution in [0.2, 0.25) is 0 Å². The SMILES string of the molecule is COc1cccc(CN(C(=O)CN(c2ccc(Oc3ccccc3)cc2)S(=O)(=O)c2ccc(C)cc2)[C@@H](C)C(=O)NC2CCCC2)c1. The number of aryl methyl sites for hydroxylation is 1. The normalized spacial score (nSPS) is 13.9. The number of sulfonamides is 1. The first kappa shape index (κ1) is 33.5. The molecule has 246 valence electrons. The second kappa shape index (κ2) is 15.2. The van der Waals surface area contributed by atoms with Crippen LogP contribution in [0.5, 0.6) is 17.2 Å². The average Bonchev–Trinajstić information content (AvgIpc) is 3.60. The van der Waals surface area contributed by atoms with Crippen LogP contribution in [0, 0.1) is 6.92 Å². The maximum atomic E-state index is 14.3. The van der Waals surface area contributed by atoms with E-state index in [2.05, 4.69) is 5.32 Å². The first-order valence-corrected chi connectivity index (χ1v) is 17.2. The fraction of sp³-hybridized carbons (Fsp3) is 0.297. The molecule has 0 saturated heterocycles. The molecule has 0 spiro atoms. The number of anilines is 1. The van der Waals surface area contributed by atoms with Crippen LogP contribution in [0.15, 0.2) is 108 Å². The molecule has 5 rings (SSSR count). The van der Waals surface area contributed by atoms with Gasteiger partial charge in [-0.3, -0.25) is 13.9 Å². The van der Waals surface area contributed by atoms with Crippen LogP contribution in [0.4, 0.5) is 5.69 Å². The van der Waals surface area contributed by atoms with Crippen LogP contribution in [0.3, 0.4) is 0 Å². The zero-order valence-corrected chi connectivity index (χ0v) is 27.8. The largest absolute Gasteiger partial charge is 0.497 e. The summed E-state index contributed by atoms with van der Waals surface area (Å²) in [6.45, 7) is 3.10. The third-order valence-electron chi connectivity index (χ3n) is 8.35. The molecule has 1 atom stereocenters. The number of hydrogen-bond donors (Lipinski definition) is 1. The molecule has 1 fully saturated rings. The minimum Gasteiger partial charge on any atom is -0.497 e. The number of methoxy groups -OCH3 is 1. The molecule has 4 aromatic rings. The zero-order valence-electron chi connectivity index (χ0n) is 27.0. The number of amides is 2. The number of ether oxygens (including phenoxy) is 2. The van der Waals surface area contributed by atoms with Crippen LogP contribution in [0.1, 0.15) is 43.7 Å². The number of benzene rings is 4. The second-order valence-electron chi connectivity index (χ2n) is 11.8. The molecule has 9 nitrogen and oxygen atoms in total. The molecule has 0 heterocycles. The first-order chi connectivity index (χ1) is 22.6. The topological polar surface area (TPSA) is 105 Å². The van der Waals surface area contributed by atoms with E-state index in [1.165, 1.54) is 17.0 Å². The maximum Gasteiger partial charge on any atom is 0.264 e. The molecule has 0 bridgehead atoms. The zero-order chi connectivity index (χ0) is 33.4. The van der Waals surface area contributed by atoms with E-state index in [0.717, 1.165) is 41.1 Å². The molecule has 1 aliphatic carbocycles. The van der Waals surface area contributed by atoms with Crippen molar-refractivity contribution in [2.45, 2.75) is 63.1 Å². The number of carbonyl (C=O) groups is 2. The van der Waals surface area contributed by atoms with Crippen molar-refractivity contribution in [3.8, 4) is 17.2 Å². The quantitative estimate of drug-likeness (QED) is 0.177. The number of hydrogen-bond acceptors (Lipinski definition) is 6.